The van der Waals surface area contributed by atoms with Crippen LogP contribution in [0.1, 0.15) is 37.3 Å². The van der Waals surface area contributed by atoms with E-state index >= 15 is 0 Å². The van der Waals surface area contributed by atoms with E-state index in [4.69, 9.17) is 0 Å². The maximum Gasteiger partial charge on any atom is 0.254 e. The largest absolute Gasteiger partial charge is 0.383 e. The molecule has 1 fully saturated rings. The number of carbonyl (C=O) groups is 1. The molecule has 5 nitrogen and oxygen atoms in total. The molecule has 0 spiro atoms. The van der Waals surface area contributed by atoms with Crippen LogP contribution in [-0.4, -0.2) is 44.7 Å². The Hall–Kier alpha value is -1.50. The minimum absolute atomic E-state index is 0.227. The molecule has 1 aliphatic rings. The summed E-state index contributed by atoms with van der Waals surface area (Å²) < 4.78 is 0.934. The lowest BCUT2D eigenvalue weighted by atomic mass is 10.1. The molecule has 1 aliphatic carbocycles. The highest BCUT2D eigenvalue weighted by Gasteiger charge is 2.38. The number of fused-ring (bicyclic) bond motifs is 1. The summed E-state index contributed by atoms with van der Waals surface area (Å²) in [5.74, 6) is -0.392. The first-order valence-electron chi connectivity index (χ1n) is 7.64. The Morgan fingerprint density at radius 3 is 2.77 bits per heavy atom. The lowest BCUT2D eigenvalue weighted by molar-refractivity contribution is -0.147. The number of para-hydroxylation sites is 1. The van der Waals surface area contributed by atoms with E-state index in [9.17, 15) is 15.0 Å². The van der Waals surface area contributed by atoms with Gasteiger partial charge in [-0.3, -0.25) is 4.79 Å². The van der Waals surface area contributed by atoms with Crippen molar-refractivity contribution < 1.29 is 15.0 Å². The SMILES string of the molecule is CCCN(C(=O)C(O)C(O)c1nc2ccccc2s1)C1CC1. The van der Waals surface area contributed by atoms with Crippen molar-refractivity contribution in [3.05, 3.63) is 29.3 Å². The molecule has 1 aromatic heterocycles. The molecule has 1 amide bonds. The number of benzene rings is 1. The molecule has 118 valence electrons. The van der Waals surface area contributed by atoms with Crippen LogP contribution in [0.25, 0.3) is 10.2 Å². The second-order valence-electron chi connectivity index (χ2n) is 5.67. The van der Waals surface area contributed by atoms with E-state index in [0.29, 0.717) is 11.6 Å². The summed E-state index contributed by atoms with van der Waals surface area (Å²) in [7, 11) is 0. The molecule has 0 saturated heterocycles. The highest BCUT2D eigenvalue weighted by atomic mass is 32.1. The van der Waals surface area contributed by atoms with Gasteiger partial charge in [0.25, 0.3) is 5.91 Å². The quantitative estimate of drug-likeness (QED) is 0.855. The number of thiazole rings is 1. The first-order valence-corrected chi connectivity index (χ1v) is 8.45. The van der Waals surface area contributed by atoms with E-state index in [1.54, 1.807) is 4.90 Å². The van der Waals surface area contributed by atoms with E-state index in [0.717, 1.165) is 29.5 Å². The number of carbonyl (C=O) groups excluding carboxylic acids is 1. The maximum absolute atomic E-state index is 12.4. The van der Waals surface area contributed by atoms with Gasteiger partial charge in [-0.1, -0.05) is 19.1 Å². The van der Waals surface area contributed by atoms with Gasteiger partial charge in [0, 0.05) is 12.6 Å². The fourth-order valence-electron chi connectivity index (χ4n) is 2.56. The van der Waals surface area contributed by atoms with Crippen molar-refractivity contribution in [3.8, 4) is 0 Å². The monoisotopic (exact) mass is 320 g/mol. The molecule has 1 saturated carbocycles. The van der Waals surface area contributed by atoms with Gasteiger partial charge in [0.05, 0.1) is 10.2 Å². The predicted molar refractivity (Wildman–Crippen MR) is 85.6 cm³/mol. The third-order valence-corrected chi connectivity index (χ3v) is 4.96. The van der Waals surface area contributed by atoms with Gasteiger partial charge in [-0.05, 0) is 31.4 Å². The molecule has 0 bridgehead atoms. The van der Waals surface area contributed by atoms with E-state index < -0.39 is 18.1 Å². The average Bonchev–Trinajstić information content (AvgIpc) is 3.28. The molecular weight excluding hydrogens is 300 g/mol. The molecular formula is C16H20N2O3S. The number of hydrogen-bond acceptors (Lipinski definition) is 5. The summed E-state index contributed by atoms with van der Waals surface area (Å²) in [5.41, 5.74) is 0.772. The summed E-state index contributed by atoms with van der Waals surface area (Å²) in [6.45, 7) is 2.62. The number of amides is 1. The van der Waals surface area contributed by atoms with Crippen LogP contribution < -0.4 is 0 Å². The first kappa shape index (κ1) is 15.4. The van der Waals surface area contributed by atoms with Gasteiger partial charge < -0.3 is 15.1 Å². The molecule has 1 aromatic carbocycles. The second kappa shape index (κ2) is 6.32. The van der Waals surface area contributed by atoms with E-state index in [1.165, 1.54) is 11.3 Å². The van der Waals surface area contributed by atoms with Crippen molar-refractivity contribution in [2.24, 2.45) is 0 Å². The highest BCUT2D eigenvalue weighted by Crippen LogP contribution is 2.31. The third-order valence-electron chi connectivity index (χ3n) is 3.85. The molecule has 3 rings (SSSR count). The summed E-state index contributed by atoms with van der Waals surface area (Å²) >= 11 is 1.31. The molecule has 2 aromatic rings. The van der Waals surface area contributed by atoms with Crippen LogP contribution in [0.4, 0.5) is 0 Å². The maximum atomic E-state index is 12.4. The van der Waals surface area contributed by atoms with E-state index in [2.05, 4.69) is 4.98 Å². The zero-order valence-corrected chi connectivity index (χ0v) is 13.3. The van der Waals surface area contributed by atoms with Crippen molar-refractivity contribution in [2.75, 3.05) is 6.54 Å². The summed E-state index contributed by atoms with van der Waals surface area (Å²) in [6, 6.07) is 7.75. The van der Waals surface area contributed by atoms with Crippen LogP contribution in [0.3, 0.4) is 0 Å². The fraction of sp³-hybridized carbons (Fsp3) is 0.500. The van der Waals surface area contributed by atoms with Crippen molar-refractivity contribution >= 4 is 27.5 Å². The van der Waals surface area contributed by atoms with Crippen molar-refractivity contribution in [1.82, 2.24) is 9.88 Å². The Morgan fingerprint density at radius 1 is 1.41 bits per heavy atom. The molecule has 0 aliphatic heterocycles. The smallest absolute Gasteiger partial charge is 0.254 e. The Morgan fingerprint density at radius 2 is 2.14 bits per heavy atom. The number of aliphatic hydroxyl groups excluding tert-OH is 2. The van der Waals surface area contributed by atoms with Gasteiger partial charge in [0.15, 0.2) is 6.10 Å². The van der Waals surface area contributed by atoms with E-state index in [1.807, 2.05) is 31.2 Å². The van der Waals surface area contributed by atoms with Crippen molar-refractivity contribution in [3.63, 3.8) is 0 Å². The lowest BCUT2D eigenvalue weighted by Crippen LogP contribution is -2.43. The van der Waals surface area contributed by atoms with E-state index in [-0.39, 0.29) is 6.04 Å². The Labute approximate surface area is 133 Å². The number of nitrogens with zero attached hydrogens (tertiary/aromatic N) is 2. The topological polar surface area (TPSA) is 73.7 Å². The predicted octanol–water partition coefficient (Wildman–Crippen LogP) is 2.09. The minimum atomic E-state index is -1.45. The van der Waals surface area contributed by atoms with Gasteiger partial charge in [-0.15, -0.1) is 11.3 Å². The van der Waals surface area contributed by atoms with Gasteiger partial charge in [0.2, 0.25) is 0 Å². The van der Waals surface area contributed by atoms with Crippen molar-refractivity contribution in [1.29, 1.82) is 0 Å². The minimum Gasteiger partial charge on any atom is -0.383 e. The molecule has 0 radical (unpaired) electrons. The standard InChI is InChI=1S/C16H20N2O3S/c1-2-9-18(10-7-8-10)16(21)14(20)13(19)15-17-11-5-3-4-6-12(11)22-15/h3-6,10,13-14,19-20H,2,7-9H2,1H3. The summed E-state index contributed by atoms with van der Waals surface area (Å²) in [6.07, 6.45) is 0.0770. The van der Waals surface area contributed by atoms with Crippen molar-refractivity contribution in [2.45, 2.75) is 44.4 Å². The highest BCUT2D eigenvalue weighted by molar-refractivity contribution is 7.18. The van der Waals surface area contributed by atoms with Gasteiger partial charge in [0.1, 0.15) is 11.1 Å². The van der Waals surface area contributed by atoms with Crippen LogP contribution in [0.5, 0.6) is 0 Å². The Bertz CT molecular complexity index is 635. The molecule has 22 heavy (non-hydrogen) atoms. The third kappa shape index (κ3) is 2.99. The van der Waals surface area contributed by atoms with Crippen LogP contribution in [-0.2, 0) is 4.79 Å². The van der Waals surface area contributed by atoms with Crippen LogP contribution in [0, 0.1) is 0 Å². The van der Waals surface area contributed by atoms with Gasteiger partial charge >= 0.3 is 0 Å². The zero-order valence-electron chi connectivity index (χ0n) is 12.5. The molecule has 2 N–H and O–H groups in total. The molecule has 6 heteroatoms. The number of aromatic nitrogens is 1. The average molecular weight is 320 g/mol. The van der Waals surface area contributed by atoms with Crippen LogP contribution in [0.15, 0.2) is 24.3 Å². The molecule has 2 atom stereocenters. The number of aliphatic hydroxyl groups is 2. The lowest BCUT2D eigenvalue weighted by Gasteiger charge is -2.26. The molecule has 1 heterocycles. The second-order valence-corrected chi connectivity index (χ2v) is 6.73. The fourth-order valence-corrected chi connectivity index (χ4v) is 3.54. The Balaban J connectivity index is 1.77. The summed E-state index contributed by atoms with van der Waals surface area (Å²) in [5, 5.41) is 21.0. The molecule has 2 unspecified atom stereocenters. The van der Waals surface area contributed by atoms with Crippen LogP contribution in [0.2, 0.25) is 0 Å². The van der Waals surface area contributed by atoms with Gasteiger partial charge in [-0.2, -0.15) is 0 Å². The first-order chi connectivity index (χ1) is 10.6. The van der Waals surface area contributed by atoms with Crippen LogP contribution >= 0.6 is 11.3 Å². The number of rotatable bonds is 6. The Kier molecular flexibility index (Phi) is 4.42. The zero-order chi connectivity index (χ0) is 15.7. The normalized spacial score (nSPS) is 17.4. The number of hydrogen-bond donors (Lipinski definition) is 2. The summed E-state index contributed by atoms with van der Waals surface area (Å²) in [4.78, 5) is 18.5. The van der Waals surface area contributed by atoms with Gasteiger partial charge in [-0.25, -0.2) is 4.98 Å².